The standard InChI is InChI=1S/C25H35NO3/c1-17(2)10-8-11-18(3)12-9-15-25(5,27)23-16-21-20-13-6-7-14-22(20)26(28)19(4)24(21)29-23/h6-7,10,12-14,22-23,26-27H,8-9,11,15-16H2,1-5H3. The molecule has 0 aromatic rings. The number of aliphatic hydroxyl groups is 1. The molecule has 4 atom stereocenters. The Morgan fingerprint density at radius 3 is 2.76 bits per heavy atom. The molecule has 2 N–H and O–H groups in total. The molecule has 158 valence electrons. The first-order valence-corrected chi connectivity index (χ1v) is 10.7. The predicted molar refractivity (Wildman–Crippen MR) is 118 cm³/mol. The number of quaternary nitrogens is 1. The van der Waals surface area contributed by atoms with E-state index in [0.29, 0.717) is 24.3 Å². The van der Waals surface area contributed by atoms with E-state index >= 15 is 0 Å². The minimum Gasteiger partial charge on any atom is -0.628 e. The van der Waals surface area contributed by atoms with Crippen LogP contribution in [0.5, 0.6) is 0 Å². The van der Waals surface area contributed by atoms with E-state index in [-0.39, 0.29) is 17.2 Å². The van der Waals surface area contributed by atoms with Crippen molar-refractivity contribution in [1.82, 2.24) is 0 Å². The first-order chi connectivity index (χ1) is 13.7. The van der Waals surface area contributed by atoms with Crippen molar-refractivity contribution in [1.29, 1.82) is 0 Å². The van der Waals surface area contributed by atoms with Gasteiger partial charge < -0.3 is 20.1 Å². The average molecular weight is 398 g/mol. The Morgan fingerprint density at radius 1 is 1.28 bits per heavy atom. The van der Waals surface area contributed by atoms with E-state index in [1.165, 1.54) is 11.1 Å². The van der Waals surface area contributed by atoms with Crippen LogP contribution in [0.4, 0.5) is 0 Å². The van der Waals surface area contributed by atoms with Crippen molar-refractivity contribution in [2.45, 2.75) is 84.5 Å². The number of hydrogen-bond acceptors (Lipinski definition) is 3. The molecule has 0 amide bonds. The molecule has 0 spiro atoms. The molecule has 1 fully saturated rings. The number of ether oxygens (including phenoxy) is 1. The molecule has 2 heterocycles. The van der Waals surface area contributed by atoms with E-state index in [4.69, 9.17) is 4.74 Å². The molecule has 4 heteroatoms. The Bertz CT molecular complexity index is 819. The molecular weight excluding hydrogens is 362 g/mol. The van der Waals surface area contributed by atoms with Gasteiger partial charge in [-0.3, -0.25) is 0 Å². The fourth-order valence-corrected chi connectivity index (χ4v) is 4.31. The molecule has 0 aromatic carbocycles. The zero-order valence-corrected chi connectivity index (χ0v) is 18.4. The van der Waals surface area contributed by atoms with Crippen LogP contribution < -0.4 is 5.06 Å². The summed E-state index contributed by atoms with van der Waals surface area (Å²) in [4.78, 5) is 0. The lowest BCUT2D eigenvalue weighted by atomic mass is 9.86. The molecule has 0 radical (unpaired) electrons. The summed E-state index contributed by atoms with van der Waals surface area (Å²) in [6.07, 6.45) is 16.3. The number of nitrogens with one attached hydrogen (secondary N) is 1. The van der Waals surface area contributed by atoms with Crippen LogP contribution in [0.25, 0.3) is 0 Å². The van der Waals surface area contributed by atoms with Crippen molar-refractivity contribution in [3.8, 4) is 0 Å². The van der Waals surface area contributed by atoms with E-state index in [0.717, 1.165) is 30.4 Å². The zero-order valence-electron chi connectivity index (χ0n) is 18.4. The van der Waals surface area contributed by atoms with Gasteiger partial charge in [-0.25, -0.2) is 0 Å². The maximum absolute atomic E-state index is 12.7. The summed E-state index contributed by atoms with van der Waals surface area (Å²) >= 11 is 0. The molecule has 4 nitrogen and oxygen atoms in total. The summed E-state index contributed by atoms with van der Waals surface area (Å²) < 4.78 is 6.18. The van der Waals surface area contributed by atoms with Crippen molar-refractivity contribution < 1.29 is 14.9 Å². The summed E-state index contributed by atoms with van der Waals surface area (Å²) in [7, 11) is 0. The smallest absolute Gasteiger partial charge is 0.179 e. The maximum Gasteiger partial charge on any atom is 0.179 e. The second-order valence-electron chi connectivity index (χ2n) is 9.05. The Balaban J connectivity index is 1.66. The van der Waals surface area contributed by atoms with Crippen LogP contribution in [0.3, 0.4) is 0 Å². The van der Waals surface area contributed by atoms with Gasteiger partial charge in [-0.05, 0) is 59.5 Å². The predicted octanol–water partition coefficient (Wildman–Crippen LogP) is 4.42. The van der Waals surface area contributed by atoms with E-state index in [9.17, 15) is 10.3 Å². The molecule has 1 aliphatic carbocycles. The Kier molecular flexibility index (Phi) is 6.67. The molecule has 0 bridgehead atoms. The molecule has 1 saturated heterocycles. The molecule has 3 aliphatic rings. The molecule has 3 rings (SSSR count). The normalized spacial score (nSPS) is 28.1. The molecule has 29 heavy (non-hydrogen) atoms. The minimum atomic E-state index is -0.943. The zero-order chi connectivity index (χ0) is 21.2. The highest BCUT2D eigenvalue weighted by molar-refractivity contribution is 5.49. The second kappa shape index (κ2) is 8.86. The summed E-state index contributed by atoms with van der Waals surface area (Å²) in [6.45, 7) is 10.1. The third-order valence-electron chi connectivity index (χ3n) is 6.22. The Morgan fingerprint density at radius 2 is 2.03 bits per heavy atom. The number of fused-ring (bicyclic) bond motifs is 2. The first kappa shape index (κ1) is 21.8. The van der Waals surface area contributed by atoms with E-state index in [1.54, 1.807) is 0 Å². The Labute approximate surface area is 175 Å². The van der Waals surface area contributed by atoms with Crippen LogP contribution in [-0.4, -0.2) is 22.9 Å². The monoisotopic (exact) mass is 397 g/mol. The van der Waals surface area contributed by atoms with Crippen LogP contribution in [0.2, 0.25) is 0 Å². The molecule has 2 aliphatic heterocycles. The molecular formula is C25H35NO3. The van der Waals surface area contributed by atoms with Gasteiger partial charge in [0.05, 0.1) is 5.60 Å². The third kappa shape index (κ3) is 4.82. The third-order valence-corrected chi connectivity index (χ3v) is 6.22. The summed E-state index contributed by atoms with van der Waals surface area (Å²) in [5, 5.41) is 24.0. The largest absolute Gasteiger partial charge is 0.628 e. The lowest BCUT2D eigenvalue weighted by molar-refractivity contribution is -0.823. The van der Waals surface area contributed by atoms with Gasteiger partial charge in [0.1, 0.15) is 17.8 Å². The van der Waals surface area contributed by atoms with Gasteiger partial charge in [0, 0.05) is 24.5 Å². The van der Waals surface area contributed by atoms with E-state index in [1.807, 2.05) is 38.2 Å². The van der Waals surface area contributed by atoms with Crippen LogP contribution >= 0.6 is 0 Å². The minimum absolute atomic E-state index is 0.106. The number of hydroxylamine groups is 2. The molecule has 4 unspecified atom stereocenters. The van der Waals surface area contributed by atoms with Gasteiger partial charge in [-0.2, -0.15) is 0 Å². The van der Waals surface area contributed by atoms with Crippen molar-refractivity contribution in [3.05, 3.63) is 75.4 Å². The number of allylic oxidation sites excluding steroid dienone is 8. The first-order valence-electron chi connectivity index (χ1n) is 10.7. The fraction of sp³-hybridized carbons (Fsp3) is 0.520. The van der Waals surface area contributed by atoms with Crippen molar-refractivity contribution in [2.24, 2.45) is 0 Å². The van der Waals surface area contributed by atoms with Crippen molar-refractivity contribution in [3.63, 3.8) is 0 Å². The van der Waals surface area contributed by atoms with Gasteiger partial charge in [0.25, 0.3) is 0 Å². The lowest BCUT2D eigenvalue weighted by Gasteiger charge is -2.36. The summed E-state index contributed by atoms with van der Waals surface area (Å²) in [5.41, 5.74) is 4.57. The second-order valence-corrected chi connectivity index (χ2v) is 9.05. The van der Waals surface area contributed by atoms with Crippen LogP contribution in [-0.2, 0) is 4.74 Å². The van der Waals surface area contributed by atoms with Gasteiger partial charge >= 0.3 is 0 Å². The average Bonchev–Trinajstić information content (AvgIpc) is 3.12. The number of hydrogen-bond donors (Lipinski definition) is 2. The van der Waals surface area contributed by atoms with E-state index in [2.05, 4.69) is 32.9 Å². The van der Waals surface area contributed by atoms with Crippen molar-refractivity contribution >= 4 is 0 Å². The SMILES string of the molecule is CC(C)=CCCC(C)=CCCC(C)(O)C1CC2=C3C=CC=CC3[NH+]([O-])C(C)=C2O1. The molecule has 0 aromatic heterocycles. The van der Waals surface area contributed by atoms with Gasteiger partial charge in [0.15, 0.2) is 5.76 Å². The van der Waals surface area contributed by atoms with Gasteiger partial charge in [0.2, 0.25) is 0 Å². The van der Waals surface area contributed by atoms with Crippen LogP contribution in [0.1, 0.15) is 66.7 Å². The maximum atomic E-state index is 12.7. The number of rotatable bonds is 7. The quantitative estimate of drug-likeness (QED) is 0.494. The fourth-order valence-electron chi connectivity index (χ4n) is 4.31. The van der Waals surface area contributed by atoms with Crippen molar-refractivity contribution in [2.75, 3.05) is 0 Å². The van der Waals surface area contributed by atoms with E-state index < -0.39 is 5.60 Å². The highest BCUT2D eigenvalue weighted by atomic mass is 16.5. The van der Waals surface area contributed by atoms with Crippen LogP contribution in [0, 0.1) is 5.21 Å². The lowest BCUT2D eigenvalue weighted by Crippen LogP contribution is -3.10. The Hall–Kier alpha value is -1.88. The van der Waals surface area contributed by atoms with Gasteiger partial charge in [-0.15, -0.1) is 0 Å². The highest BCUT2D eigenvalue weighted by Gasteiger charge is 2.45. The summed E-state index contributed by atoms with van der Waals surface area (Å²) in [6, 6.07) is -0.197. The highest BCUT2D eigenvalue weighted by Crippen LogP contribution is 2.41. The summed E-state index contributed by atoms with van der Waals surface area (Å²) in [5.74, 6) is 0.694. The van der Waals surface area contributed by atoms with Crippen LogP contribution in [0.15, 0.2) is 70.2 Å². The van der Waals surface area contributed by atoms with Gasteiger partial charge in [-0.1, -0.05) is 41.5 Å². The molecule has 0 saturated carbocycles. The topological polar surface area (TPSA) is 57.0 Å².